The molecule has 0 amide bonds. The zero-order valence-electron chi connectivity index (χ0n) is 11.9. The summed E-state index contributed by atoms with van der Waals surface area (Å²) in [6.07, 6.45) is 0.453. The van der Waals surface area contributed by atoms with Gasteiger partial charge in [0.1, 0.15) is 4.90 Å². The summed E-state index contributed by atoms with van der Waals surface area (Å²) >= 11 is 0. The van der Waals surface area contributed by atoms with Crippen LogP contribution in [0.1, 0.15) is 25.3 Å². The number of carboxylic acid groups (broad SMARTS) is 1. The van der Waals surface area contributed by atoms with Gasteiger partial charge in [-0.25, -0.2) is 4.79 Å². The Morgan fingerprint density at radius 1 is 1.24 bits per heavy atom. The van der Waals surface area contributed by atoms with Gasteiger partial charge < -0.3 is 15.4 Å². The predicted octanol–water partition coefficient (Wildman–Crippen LogP) is 1.89. The number of carboxylic acids is 1. The molecule has 8 heteroatoms. The Hall–Kier alpha value is -1.93. The third kappa shape index (κ3) is 5.16. The molecular weight excluding hydrogens is 298 g/mol. The zero-order chi connectivity index (χ0) is 15.3. The van der Waals surface area contributed by atoms with Gasteiger partial charge in [0.2, 0.25) is 0 Å². The average Bonchev–Trinajstić information content (AvgIpc) is 2.35. The highest BCUT2D eigenvalue weighted by molar-refractivity contribution is 7.87. The number of benzene rings is 1. The van der Waals surface area contributed by atoms with Crippen molar-refractivity contribution in [1.29, 1.82) is 0 Å². The van der Waals surface area contributed by atoms with Crippen molar-refractivity contribution < 1.29 is 27.3 Å². The number of aliphatic carboxylic acids is 1. The van der Waals surface area contributed by atoms with E-state index in [9.17, 15) is 18.0 Å². The van der Waals surface area contributed by atoms with Crippen molar-refractivity contribution in [2.45, 2.75) is 31.6 Å². The Balaban J connectivity index is 0.00000400. The number of rotatable bonds is 6. The topological polar surface area (TPSA) is 133 Å². The first-order chi connectivity index (χ1) is 9.27. The predicted molar refractivity (Wildman–Crippen MR) is 75.5 cm³/mol. The average molecular weight is 317 g/mol. The van der Waals surface area contributed by atoms with E-state index in [0.29, 0.717) is 6.42 Å². The normalized spacial score (nSPS) is 12.1. The minimum absolute atomic E-state index is 0. The third-order valence-corrected chi connectivity index (χ3v) is 3.89. The van der Waals surface area contributed by atoms with E-state index in [1.165, 1.54) is 12.1 Å². The second kappa shape index (κ2) is 7.75. The molecule has 1 rings (SSSR count). The highest BCUT2D eigenvalue weighted by Crippen LogP contribution is 2.17. The second-order valence-corrected chi connectivity index (χ2v) is 5.90. The van der Waals surface area contributed by atoms with Gasteiger partial charge in [0.05, 0.1) is 0 Å². The summed E-state index contributed by atoms with van der Waals surface area (Å²) in [7, 11) is -4.29. The second-order valence-electron chi connectivity index (χ2n) is 4.35. The minimum atomic E-state index is -4.29. The van der Waals surface area contributed by atoms with E-state index < -0.39 is 28.0 Å². The number of aryl methyl sites for hydroxylation is 1. The summed E-state index contributed by atoms with van der Waals surface area (Å²) in [5.74, 6) is -4.13. The van der Waals surface area contributed by atoms with Crippen LogP contribution in [0.2, 0.25) is 0 Å². The van der Waals surface area contributed by atoms with Crippen LogP contribution in [0.5, 0.6) is 0 Å². The molecule has 21 heavy (non-hydrogen) atoms. The monoisotopic (exact) mass is 317 g/mol. The van der Waals surface area contributed by atoms with Crippen LogP contribution >= 0.6 is 0 Å². The molecule has 0 saturated carbocycles. The van der Waals surface area contributed by atoms with E-state index >= 15 is 0 Å². The van der Waals surface area contributed by atoms with Crippen molar-refractivity contribution in [1.82, 2.24) is 6.15 Å². The van der Waals surface area contributed by atoms with Gasteiger partial charge in [-0.05, 0) is 25.5 Å². The van der Waals surface area contributed by atoms with Crippen molar-refractivity contribution in [2.75, 3.05) is 0 Å². The molecule has 0 aliphatic rings. The van der Waals surface area contributed by atoms with Gasteiger partial charge in [-0.1, -0.05) is 31.0 Å². The van der Waals surface area contributed by atoms with Crippen molar-refractivity contribution in [2.24, 2.45) is 5.92 Å². The maximum Gasteiger partial charge on any atom is 0.341 e. The van der Waals surface area contributed by atoms with Crippen LogP contribution in [0.15, 0.2) is 29.2 Å². The molecule has 0 heterocycles. The van der Waals surface area contributed by atoms with Crippen LogP contribution < -0.4 is 6.15 Å². The van der Waals surface area contributed by atoms with Crippen LogP contribution in [0.4, 0.5) is 0 Å². The molecule has 0 radical (unpaired) electrons. The molecule has 1 aromatic carbocycles. The molecule has 1 unspecified atom stereocenters. The summed E-state index contributed by atoms with van der Waals surface area (Å²) < 4.78 is 28.1. The van der Waals surface area contributed by atoms with E-state index in [1.807, 2.05) is 0 Å². The summed E-state index contributed by atoms with van der Waals surface area (Å²) in [4.78, 5) is 22.4. The van der Waals surface area contributed by atoms with E-state index in [2.05, 4.69) is 4.18 Å². The molecule has 0 fully saturated rings. The SMILES string of the molecule is CCCC(C(=O)O)C(=O)OS(=O)(=O)c1ccc(C)cc1.N. The molecule has 0 spiro atoms. The van der Waals surface area contributed by atoms with Crippen molar-refractivity contribution in [3.05, 3.63) is 29.8 Å². The number of carbonyl (C=O) groups is 2. The van der Waals surface area contributed by atoms with Crippen LogP contribution in [0.3, 0.4) is 0 Å². The van der Waals surface area contributed by atoms with Gasteiger partial charge in [-0.3, -0.25) is 4.79 Å². The lowest BCUT2D eigenvalue weighted by atomic mass is 10.1. The quantitative estimate of drug-likeness (QED) is 0.604. The lowest BCUT2D eigenvalue weighted by molar-refractivity contribution is -0.152. The zero-order valence-corrected chi connectivity index (χ0v) is 12.7. The molecule has 0 aromatic heterocycles. The molecule has 4 N–H and O–H groups in total. The fraction of sp³-hybridized carbons (Fsp3) is 0.385. The number of carbonyl (C=O) groups excluding carboxylic acids is 1. The highest BCUT2D eigenvalue weighted by atomic mass is 32.2. The fourth-order valence-electron chi connectivity index (χ4n) is 1.55. The van der Waals surface area contributed by atoms with Crippen LogP contribution in [0, 0.1) is 12.8 Å². The van der Waals surface area contributed by atoms with Crippen LogP contribution in [-0.2, 0) is 23.9 Å². The van der Waals surface area contributed by atoms with Gasteiger partial charge >= 0.3 is 22.1 Å². The lowest BCUT2D eigenvalue weighted by Crippen LogP contribution is -2.28. The molecule has 0 bridgehead atoms. The summed E-state index contributed by atoms with van der Waals surface area (Å²) in [5.41, 5.74) is 0.852. The maximum atomic E-state index is 11.8. The van der Waals surface area contributed by atoms with E-state index in [0.717, 1.165) is 5.56 Å². The molecule has 0 aliphatic carbocycles. The first kappa shape index (κ1) is 19.1. The first-order valence-corrected chi connectivity index (χ1v) is 7.46. The van der Waals surface area contributed by atoms with Gasteiger partial charge in [-0.15, -0.1) is 0 Å². The Morgan fingerprint density at radius 2 is 1.76 bits per heavy atom. The Labute approximate surface area is 123 Å². The molecule has 1 atom stereocenters. The summed E-state index contributed by atoms with van der Waals surface area (Å²) in [5, 5.41) is 8.88. The van der Waals surface area contributed by atoms with Crippen molar-refractivity contribution >= 4 is 22.1 Å². The van der Waals surface area contributed by atoms with Gasteiger partial charge in [0, 0.05) is 0 Å². The molecule has 0 aliphatic heterocycles. The minimum Gasteiger partial charge on any atom is -0.481 e. The van der Waals surface area contributed by atoms with E-state index in [1.54, 1.807) is 26.0 Å². The third-order valence-electron chi connectivity index (χ3n) is 2.66. The Morgan fingerprint density at radius 3 is 2.19 bits per heavy atom. The summed E-state index contributed by atoms with van der Waals surface area (Å²) in [6, 6.07) is 5.71. The van der Waals surface area contributed by atoms with Crippen LogP contribution in [0.25, 0.3) is 0 Å². The Kier molecular flexibility index (Phi) is 7.04. The standard InChI is InChI=1S/C13H16O6S.H3N/c1-3-4-11(12(14)15)13(16)19-20(17,18)10-7-5-9(2)6-8-10;/h5-8,11H,3-4H2,1-2H3,(H,14,15);1H3. The number of hydrogen-bond donors (Lipinski definition) is 2. The molecule has 1 aromatic rings. The summed E-state index contributed by atoms with van der Waals surface area (Å²) in [6.45, 7) is 3.47. The van der Waals surface area contributed by atoms with Gasteiger partial charge in [0.25, 0.3) is 0 Å². The largest absolute Gasteiger partial charge is 0.481 e. The molecule has 7 nitrogen and oxygen atoms in total. The molecule has 118 valence electrons. The smallest absolute Gasteiger partial charge is 0.341 e. The Bertz CT molecular complexity index is 594. The maximum absolute atomic E-state index is 11.8. The highest BCUT2D eigenvalue weighted by Gasteiger charge is 2.31. The van der Waals surface area contributed by atoms with Crippen molar-refractivity contribution in [3.8, 4) is 0 Å². The fourth-order valence-corrected chi connectivity index (χ4v) is 2.45. The molecular formula is C13H19NO6S. The molecule has 0 saturated heterocycles. The first-order valence-electron chi connectivity index (χ1n) is 6.05. The van der Waals surface area contributed by atoms with Gasteiger partial charge in [-0.2, -0.15) is 8.42 Å². The van der Waals surface area contributed by atoms with Crippen LogP contribution in [-0.4, -0.2) is 25.5 Å². The number of hydrogen-bond acceptors (Lipinski definition) is 6. The lowest BCUT2D eigenvalue weighted by Gasteiger charge is -2.11. The van der Waals surface area contributed by atoms with Crippen molar-refractivity contribution in [3.63, 3.8) is 0 Å². The van der Waals surface area contributed by atoms with Gasteiger partial charge in [0.15, 0.2) is 5.92 Å². The van der Waals surface area contributed by atoms with E-state index in [4.69, 9.17) is 5.11 Å². The van der Waals surface area contributed by atoms with E-state index in [-0.39, 0.29) is 17.5 Å².